The number of hydrogen-bond acceptors (Lipinski definition) is 7. The van der Waals surface area contributed by atoms with Gasteiger partial charge in [-0.25, -0.2) is 4.79 Å². The molecule has 0 spiro atoms. The molecule has 0 radical (unpaired) electrons. The fourth-order valence-electron chi connectivity index (χ4n) is 3.19. The van der Waals surface area contributed by atoms with E-state index in [4.69, 9.17) is 9.47 Å². The van der Waals surface area contributed by atoms with Gasteiger partial charge in [0.05, 0.1) is 17.1 Å². The maximum Gasteiger partial charge on any atom is 0.341 e. The Morgan fingerprint density at radius 1 is 1.24 bits per heavy atom. The van der Waals surface area contributed by atoms with Crippen molar-refractivity contribution in [3.05, 3.63) is 50.4 Å². The van der Waals surface area contributed by atoms with Crippen molar-refractivity contribution in [1.82, 2.24) is 0 Å². The Hall–Kier alpha value is -2.94. The first-order chi connectivity index (χ1) is 13.9. The molecule has 3 rings (SSSR count). The van der Waals surface area contributed by atoms with Gasteiger partial charge in [-0.2, -0.15) is 0 Å². The second kappa shape index (κ2) is 9.04. The zero-order valence-electron chi connectivity index (χ0n) is 16.2. The number of nitrogens with one attached hydrogen (secondary N) is 1. The predicted molar refractivity (Wildman–Crippen MR) is 109 cm³/mol. The van der Waals surface area contributed by atoms with E-state index < -0.39 is 22.9 Å². The van der Waals surface area contributed by atoms with Crippen LogP contribution in [0.25, 0.3) is 0 Å². The number of anilines is 1. The van der Waals surface area contributed by atoms with Gasteiger partial charge in [-0.05, 0) is 57.2 Å². The Labute approximate surface area is 172 Å². The number of rotatable bonds is 7. The minimum Gasteiger partial charge on any atom is -0.481 e. The molecule has 1 aliphatic rings. The van der Waals surface area contributed by atoms with Crippen LogP contribution in [0.4, 0.5) is 10.7 Å². The first kappa shape index (κ1) is 20.8. The Morgan fingerprint density at radius 2 is 1.93 bits per heavy atom. The van der Waals surface area contributed by atoms with Crippen LogP contribution in [-0.2, 0) is 22.4 Å². The van der Waals surface area contributed by atoms with Crippen molar-refractivity contribution >= 4 is 33.9 Å². The molecule has 1 heterocycles. The van der Waals surface area contributed by atoms with E-state index in [-0.39, 0.29) is 12.3 Å². The lowest BCUT2D eigenvalue weighted by atomic mass is 9.95. The maximum absolute atomic E-state index is 12.6. The lowest BCUT2D eigenvalue weighted by molar-refractivity contribution is -0.384. The Bertz CT molecular complexity index is 922. The molecule has 1 unspecified atom stereocenters. The number of esters is 1. The van der Waals surface area contributed by atoms with Crippen LogP contribution in [0.1, 0.15) is 47.5 Å². The van der Waals surface area contributed by atoms with Gasteiger partial charge in [0.2, 0.25) is 0 Å². The predicted octanol–water partition coefficient (Wildman–Crippen LogP) is 4.12. The third-order valence-corrected chi connectivity index (χ3v) is 5.82. The quantitative estimate of drug-likeness (QED) is 0.412. The molecule has 0 saturated heterocycles. The van der Waals surface area contributed by atoms with E-state index in [9.17, 15) is 19.7 Å². The van der Waals surface area contributed by atoms with Gasteiger partial charge in [-0.1, -0.05) is 0 Å². The van der Waals surface area contributed by atoms with Crippen molar-refractivity contribution in [3.63, 3.8) is 0 Å². The van der Waals surface area contributed by atoms with Gasteiger partial charge >= 0.3 is 5.97 Å². The summed E-state index contributed by atoms with van der Waals surface area (Å²) in [6.45, 7) is 3.58. The largest absolute Gasteiger partial charge is 0.481 e. The van der Waals surface area contributed by atoms with Crippen LogP contribution < -0.4 is 10.1 Å². The zero-order chi connectivity index (χ0) is 21.0. The van der Waals surface area contributed by atoms with Crippen molar-refractivity contribution in [3.8, 4) is 5.75 Å². The normalized spacial score (nSPS) is 13.9. The van der Waals surface area contributed by atoms with Crippen LogP contribution in [0, 0.1) is 10.1 Å². The van der Waals surface area contributed by atoms with Crippen molar-refractivity contribution in [2.75, 3.05) is 11.9 Å². The molecule has 8 nitrogen and oxygen atoms in total. The SMILES string of the molecule is CCOC(=O)c1c(NC(=O)C(C)Oc2ccc([N+](=O)[O-])cc2)sc2c1CCCC2. The molecule has 0 fully saturated rings. The van der Waals surface area contributed by atoms with Crippen LogP contribution in [-0.4, -0.2) is 29.5 Å². The second-order valence-corrected chi connectivity index (χ2v) is 7.74. The van der Waals surface area contributed by atoms with E-state index in [1.807, 2.05) is 0 Å². The van der Waals surface area contributed by atoms with Crippen LogP contribution in [0.5, 0.6) is 5.75 Å². The minimum absolute atomic E-state index is 0.0577. The number of carbonyl (C=O) groups excluding carboxylic acids is 2. The first-order valence-corrected chi connectivity index (χ1v) is 10.3. The summed E-state index contributed by atoms with van der Waals surface area (Å²) in [5.41, 5.74) is 1.36. The summed E-state index contributed by atoms with van der Waals surface area (Å²) in [7, 11) is 0. The van der Waals surface area contributed by atoms with Crippen molar-refractivity contribution in [1.29, 1.82) is 0 Å². The van der Waals surface area contributed by atoms with E-state index in [2.05, 4.69) is 5.32 Å². The second-order valence-electron chi connectivity index (χ2n) is 6.64. The van der Waals surface area contributed by atoms with Crippen LogP contribution >= 0.6 is 11.3 Å². The average molecular weight is 418 g/mol. The fourth-order valence-corrected chi connectivity index (χ4v) is 4.47. The van der Waals surface area contributed by atoms with Gasteiger partial charge in [0.15, 0.2) is 6.10 Å². The third-order valence-electron chi connectivity index (χ3n) is 4.62. The summed E-state index contributed by atoms with van der Waals surface area (Å²) in [6, 6.07) is 5.50. The summed E-state index contributed by atoms with van der Waals surface area (Å²) in [5, 5.41) is 14.0. The number of ether oxygens (including phenoxy) is 2. The van der Waals surface area contributed by atoms with Crippen LogP contribution in [0.2, 0.25) is 0 Å². The fraction of sp³-hybridized carbons (Fsp3) is 0.400. The highest BCUT2D eigenvalue weighted by atomic mass is 32.1. The lowest BCUT2D eigenvalue weighted by Gasteiger charge is -2.15. The van der Waals surface area contributed by atoms with Gasteiger partial charge in [-0.3, -0.25) is 14.9 Å². The molecule has 2 aromatic rings. The maximum atomic E-state index is 12.6. The van der Waals surface area contributed by atoms with Crippen molar-refractivity contribution in [2.24, 2.45) is 0 Å². The van der Waals surface area contributed by atoms with E-state index in [0.717, 1.165) is 36.1 Å². The number of nitro groups is 1. The van der Waals surface area contributed by atoms with Gasteiger partial charge in [0, 0.05) is 17.0 Å². The van der Waals surface area contributed by atoms with Crippen molar-refractivity contribution < 1.29 is 24.0 Å². The number of nitro benzene ring substituents is 1. The topological polar surface area (TPSA) is 108 Å². The molecule has 1 aromatic heterocycles. The molecule has 0 bridgehead atoms. The highest BCUT2D eigenvalue weighted by molar-refractivity contribution is 7.17. The molecular weight excluding hydrogens is 396 g/mol. The number of aryl methyl sites for hydroxylation is 1. The standard InChI is InChI=1S/C20H22N2O6S/c1-3-27-20(24)17-15-6-4-5-7-16(15)29-19(17)21-18(23)12(2)28-14-10-8-13(9-11-14)22(25)26/h8-12H,3-7H2,1-2H3,(H,21,23). The number of hydrogen-bond donors (Lipinski definition) is 1. The number of carbonyl (C=O) groups is 2. The Morgan fingerprint density at radius 3 is 2.59 bits per heavy atom. The molecule has 29 heavy (non-hydrogen) atoms. The average Bonchev–Trinajstić information content (AvgIpc) is 3.06. The van der Waals surface area contributed by atoms with E-state index in [0.29, 0.717) is 16.3 Å². The van der Waals surface area contributed by atoms with E-state index in [1.165, 1.54) is 35.6 Å². The molecule has 0 saturated carbocycles. The monoisotopic (exact) mass is 418 g/mol. The van der Waals surface area contributed by atoms with Gasteiger partial charge < -0.3 is 14.8 Å². The number of nitrogens with zero attached hydrogens (tertiary/aromatic N) is 1. The number of fused-ring (bicyclic) bond motifs is 1. The minimum atomic E-state index is -0.856. The van der Waals surface area contributed by atoms with Gasteiger partial charge in [0.1, 0.15) is 10.8 Å². The summed E-state index contributed by atoms with van der Waals surface area (Å²) < 4.78 is 10.8. The molecule has 154 valence electrons. The van der Waals surface area contributed by atoms with Crippen LogP contribution in [0.3, 0.4) is 0 Å². The first-order valence-electron chi connectivity index (χ1n) is 9.44. The number of thiophene rings is 1. The molecule has 9 heteroatoms. The summed E-state index contributed by atoms with van der Waals surface area (Å²) >= 11 is 1.41. The van der Waals surface area contributed by atoms with Gasteiger partial charge in [-0.15, -0.1) is 11.3 Å². The molecular formula is C20H22N2O6S. The molecule has 1 aromatic carbocycles. The highest BCUT2D eigenvalue weighted by Crippen LogP contribution is 2.38. The van der Waals surface area contributed by atoms with E-state index >= 15 is 0 Å². The zero-order valence-corrected chi connectivity index (χ0v) is 17.0. The molecule has 1 aliphatic carbocycles. The van der Waals surface area contributed by atoms with Crippen LogP contribution in [0.15, 0.2) is 24.3 Å². The summed E-state index contributed by atoms with van der Waals surface area (Å²) in [5.74, 6) is -0.493. The highest BCUT2D eigenvalue weighted by Gasteiger charge is 2.28. The number of amides is 1. The molecule has 1 atom stereocenters. The van der Waals surface area contributed by atoms with E-state index in [1.54, 1.807) is 13.8 Å². The Kier molecular flexibility index (Phi) is 6.48. The number of benzene rings is 1. The molecule has 1 N–H and O–H groups in total. The smallest absolute Gasteiger partial charge is 0.341 e. The number of non-ortho nitro benzene ring substituents is 1. The molecule has 0 aliphatic heterocycles. The van der Waals surface area contributed by atoms with Gasteiger partial charge in [0.25, 0.3) is 11.6 Å². The summed E-state index contributed by atoms with van der Waals surface area (Å²) in [4.78, 5) is 36.5. The Balaban J connectivity index is 1.74. The third kappa shape index (κ3) is 4.73. The summed E-state index contributed by atoms with van der Waals surface area (Å²) in [6.07, 6.45) is 2.89. The molecule has 1 amide bonds. The van der Waals surface area contributed by atoms with Crippen molar-refractivity contribution in [2.45, 2.75) is 45.6 Å². The lowest BCUT2D eigenvalue weighted by Crippen LogP contribution is -2.30.